The molecule has 2 aromatic carbocycles. The van der Waals surface area contributed by atoms with Crippen LogP contribution in [0.4, 0.5) is 4.79 Å². The molecule has 230 valence electrons. The van der Waals surface area contributed by atoms with Crippen molar-refractivity contribution in [3.63, 3.8) is 0 Å². The highest BCUT2D eigenvalue weighted by Crippen LogP contribution is 2.20. The van der Waals surface area contributed by atoms with Gasteiger partial charge in [-0.1, -0.05) is 74.5 Å². The summed E-state index contributed by atoms with van der Waals surface area (Å²) in [7, 11) is 0. The predicted octanol–water partition coefficient (Wildman–Crippen LogP) is 0.175. The predicted molar refractivity (Wildman–Crippen MR) is 160 cm³/mol. The van der Waals surface area contributed by atoms with Crippen molar-refractivity contribution < 1.29 is 29.1 Å². The Morgan fingerprint density at radius 3 is 2.09 bits per heavy atom. The summed E-state index contributed by atoms with van der Waals surface area (Å²) < 4.78 is 0. The van der Waals surface area contributed by atoms with E-state index in [0.29, 0.717) is 11.8 Å². The van der Waals surface area contributed by atoms with Crippen LogP contribution in [0.3, 0.4) is 0 Å². The van der Waals surface area contributed by atoms with Crippen LogP contribution < -0.4 is 27.4 Å². The molecule has 4 amide bonds. The Balaban J connectivity index is 1.97. The number of carbonyl (C=O) groups is 5. The average Bonchev–Trinajstić information content (AvgIpc) is 2.97. The lowest BCUT2D eigenvalue weighted by Crippen LogP contribution is -2.67. The first-order valence-corrected chi connectivity index (χ1v) is 14.0. The third kappa shape index (κ3) is 9.02. The number of urea groups is 1. The van der Waals surface area contributed by atoms with Crippen molar-refractivity contribution in [3.8, 4) is 0 Å². The Morgan fingerprint density at radius 2 is 1.60 bits per heavy atom. The second-order valence-corrected chi connectivity index (χ2v) is 10.7. The highest BCUT2D eigenvalue weighted by atomic mass is 16.4. The molecule has 0 bridgehead atoms. The van der Waals surface area contributed by atoms with Gasteiger partial charge in [0.05, 0.1) is 12.1 Å². The van der Waals surface area contributed by atoms with Crippen LogP contribution in [0.2, 0.25) is 0 Å². The van der Waals surface area contributed by atoms with Gasteiger partial charge in [-0.3, -0.25) is 14.6 Å². The molecule has 0 saturated carbocycles. The Kier molecular flexibility index (Phi) is 11.6. The van der Waals surface area contributed by atoms with Crippen LogP contribution >= 0.6 is 0 Å². The number of hydrogen-bond acceptors (Lipinski definition) is 8. The first kappa shape index (κ1) is 32.6. The van der Waals surface area contributed by atoms with Gasteiger partial charge in [-0.25, -0.2) is 9.59 Å². The SMILES string of the molecule is CC(C)[C@@H](C(N)=O)N(C(=O)[C@@H](NC(=O)NC(Cc1ccccc1)C(=O)O)C1CCN=C(N)N1)C(C=O)Cc1ccccc1. The second kappa shape index (κ2) is 15.3. The lowest BCUT2D eigenvalue weighted by Gasteiger charge is -2.40. The van der Waals surface area contributed by atoms with Gasteiger partial charge < -0.3 is 42.2 Å². The van der Waals surface area contributed by atoms with Crippen molar-refractivity contribution in [1.29, 1.82) is 0 Å². The van der Waals surface area contributed by atoms with Crippen LogP contribution in [-0.4, -0.2) is 82.8 Å². The number of carboxylic acids is 1. The number of aldehydes is 1. The number of nitrogens with zero attached hydrogens (tertiary/aromatic N) is 2. The van der Waals surface area contributed by atoms with Crippen LogP contribution in [-0.2, 0) is 32.0 Å². The summed E-state index contributed by atoms with van der Waals surface area (Å²) in [6, 6.07) is 11.0. The summed E-state index contributed by atoms with van der Waals surface area (Å²) in [4.78, 5) is 70.1. The maximum atomic E-state index is 14.4. The Hall–Kier alpha value is -4.94. The minimum Gasteiger partial charge on any atom is -0.480 e. The topological polar surface area (TPSA) is 209 Å². The number of hydrogen-bond donors (Lipinski definition) is 6. The van der Waals surface area contributed by atoms with Gasteiger partial charge in [-0.2, -0.15) is 0 Å². The Labute approximate surface area is 250 Å². The van der Waals surface area contributed by atoms with E-state index in [0.717, 1.165) is 10.5 Å². The highest BCUT2D eigenvalue weighted by Gasteiger charge is 2.43. The molecule has 3 unspecified atom stereocenters. The van der Waals surface area contributed by atoms with Gasteiger partial charge >= 0.3 is 12.0 Å². The van der Waals surface area contributed by atoms with Gasteiger partial charge in [-0.05, 0) is 29.9 Å². The van der Waals surface area contributed by atoms with Crippen LogP contribution in [0.15, 0.2) is 65.7 Å². The zero-order valence-electron chi connectivity index (χ0n) is 24.2. The van der Waals surface area contributed by atoms with Gasteiger partial charge in [0.2, 0.25) is 11.8 Å². The molecular weight excluding hydrogens is 554 g/mol. The van der Waals surface area contributed by atoms with Crippen molar-refractivity contribution >= 4 is 36.1 Å². The maximum Gasteiger partial charge on any atom is 0.326 e. The molecule has 5 atom stereocenters. The van der Waals surface area contributed by atoms with E-state index in [9.17, 15) is 29.1 Å². The van der Waals surface area contributed by atoms with Gasteiger partial charge in [0.15, 0.2) is 5.96 Å². The minimum atomic E-state index is -1.38. The van der Waals surface area contributed by atoms with E-state index in [4.69, 9.17) is 11.5 Å². The fourth-order valence-electron chi connectivity index (χ4n) is 5.13. The van der Waals surface area contributed by atoms with Gasteiger partial charge in [0, 0.05) is 13.0 Å². The summed E-state index contributed by atoms with van der Waals surface area (Å²) in [5, 5.41) is 17.7. The number of amides is 4. The molecule has 0 saturated heterocycles. The van der Waals surface area contributed by atoms with E-state index in [-0.39, 0.29) is 31.8 Å². The van der Waals surface area contributed by atoms with E-state index >= 15 is 0 Å². The first-order valence-electron chi connectivity index (χ1n) is 14.0. The number of nitrogens with one attached hydrogen (secondary N) is 3. The molecule has 2 aromatic rings. The summed E-state index contributed by atoms with van der Waals surface area (Å²) >= 11 is 0. The molecule has 1 aliphatic heterocycles. The Morgan fingerprint density at radius 1 is 1.02 bits per heavy atom. The highest BCUT2D eigenvalue weighted by molar-refractivity contribution is 5.95. The lowest BCUT2D eigenvalue weighted by atomic mass is 9.94. The summed E-state index contributed by atoms with van der Waals surface area (Å²) in [5.41, 5.74) is 13.1. The normalized spacial score (nSPS) is 17.3. The van der Waals surface area contributed by atoms with Crippen molar-refractivity contribution in [3.05, 3.63) is 71.8 Å². The number of carboxylic acid groups (broad SMARTS) is 1. The molecular formula is C30H39N7O6. The lowest BCUT2D eigenvalue weighted by molar-refractivity contribution is -0.147. The van der Waals surface area contributed by atoms with Crippen molar-refractivity contribution in [2.45, 2.75) is 63.3 Å². The summed E-state index contributed by atoms with van der Waals surface area (Å²) in [6.45, 7) is 3.63. The smallest absolute Gasteiger partial charge is 0.326 e. The number of nitrogens with two attached hydrogens (primary N) is 2. The molecule has 13 heteroatoms. The number of guanidine groups is 1. The molecule has 0 spiro atoms. The van der Waals surface area contributed by atoms with Gasteiger partial charge in [0.1, 0.15) is 24.4 Å². The Bertz CT molecular complexity index is 1300. The van der Waals surface area contributed by atoms with Crippen LogP contribution in [0, 0.1) is 5.92 Å². The number of rotatable bonds is 14. The van der Waals surface area contributed by atoms with Crippen molar-refractivity contribution in [1.82, 2.24) is 20.9 Å². The average molecular weight is 594 g/mol. The van der Waals surface area contributed by atoms with Crippen molar-refractivity contribution in [2.75, 3.05) is 6.54 Å². The van der Waals surface area contributed by atoms with E-state index < -0.39 is 59.9 Å². The molecule has 0 aliphatic carbocycles. The molecule has 0 aromatic heterocycles. The third-order valence-corrected chi connectivity index (χ3v) is 7.18. The molecule has 8 N–H and O–H groups in total. The van der Waals surface area contributed by atoms with Crippen molar-refractivity contribution in [2.24, 2.45) is 22.4 Å². The molecule has 1 aliphatic rings. The zero-order valence-corrected chi connectivity index (χ0v) is 24.2. The fourth-order valence-corrected chi connectivity index (χ4v) is 5.13. The van der Waals surface area contributed by atoms with E-state index in [1.165, 1.54) is 0 Å². The first-order chi connectivity index (χ1) is 20.5. The molecule has 43 heavy (non-hydrogen) atoms. The zero-order chi connectivity index (χ0) is 31.5. The molecule has 1 heterocycles. The number of carbonyl (C=O) groups excluding carboxylic acids is 4. The fraction of sp³-hybridized carbons (Fsp3) is 0.400. The molecule has 13 nitrogen and oxygen atoms in total. The van der Waals surface area contributed by atoms with Gasteiger partial charge in [-0.15, -0.1) is 0 Å². The van der Waals surface area contributed by atoms with E-state index in [2.05, 4.69) is 20.9 Å². The van der Waals surface area contributed by atoms with Gasteiger partial charge in [0.25, 0.3) is 0 Å². The largest absolute Gasteiger partial charge is 0.480 e. The summed E-state index contributed by atoms with van der Waals surface area (Å²) in [6.07, 6.45) is 0.929. The maximum absolute atomic E-state index is 14.4. The standard InChI is InChI=1S/C30H39N7O6/c1-18(2)25(26(31)39)37(21(17-38)15-19-9-5-3-6-10-19)27(40)24(22-13-14-33-29(32)34-22)36-30(43)35-23(28(41)42)16-20-11-7-4-8-12-20/h3-12,17-18,21-25H,13-16H2,1-2H3,(H2,31,39)(H,41,42)(H3,32,33,34)(H2,35,36,43)/t21?,22?,23?,24-,25-/m0/s1. The third-order valence-electron chi connectivity index (χ3n) is 7.18. The van der Waals surface area contributed by atoms with E-state index in [1.54, 1.807) is 68.4 Å². The number of aliphatic carboxylic acids is 1. The monoisotopic (exact) mass is 593 g/mol. The van der Waals surface area contributed by atoms with E-state index in [1.807, 2.05) is 6.07 Å². The van der Waals surface area contributed by atoms with Crippen LogP contribution in [0.5, 0.6) is 0 Å². The van der Waals surface area contributed by atoms with Crippen LogP contribution in [0.25, 0.3) is 0 Å². The second-order valence-electron chi connectivity index (χ2n) is 10.7. The minimum absolute atomic E-state index is 0.00297. The molecule has 0 radical (unpaired) electrons. The molecule has 0 fully saturated rings. The summed E-state index contributed by atoms with van der Waals surface area (Å²) in [5.74, 6) is -3.29. The number of aliphatic imine (C=N–C) groups is 1. The number of primary amides is 1. The van der Waals surface area contributed by atoms with Crippen LogP contribution in [0.1, 0.15) is 31.4 Å². The number of benzene rings is 2. The quantitative estimate of drug-likeness (QED) is 0.166. The molecule has 3 rings (SSSR count).